The minimum atomic E-state index is -0.817. The van der Waals surface area contributed by atoms with Crippen molar-refractivity contribution < 1.29 is 19.8 Å². The Labute approximate surface area is 102 Å². The molecule has 1 aliphatic rings. The molecule has 0 spiro atoms. The Hall–Kier alpha value is -0.650. The number of carbonyl (C=O) groups is 1. The number of aliphatic hydroxyl groups is 1. The van der Waals surface area contributed by atoms with E-state index in [1.54, 1.807) is 0 Å². The number of hydroxylamine groups is 1. The Morgan fingerprint density at radius 1 is 1.47 bits per heavy atom. The van der Waals surface area contributed by atoms with Gasteiger partial charge in [0, 0.05) is 6.54 Å². The van der Waals surface area contributed by atoms with Gasteiger partial charge < -0.3 is 15.1 Å². The number of hydrogen-bond donors (Lipinski definition) is 3. The van der Waals surface area contributed by atoms with Gasteiger partial charge in [0.2, 0.25) is 0 Å². The predicted molar refractivity (Wildman–Crippen MR) is 63.3 cm³/mol. The van der Waals surface area contributed by atoms with Gasteiger partial charge in [0.05, 0.1) is 18.1 Å². The van der Waals surface area contributed by atoms with E-state index >= 15 is 0 Å². The molecule has 0 bridgehead atoms. The van der Waals surface area contributed by atoms with E-state index in [0.717, 1.165) is 0 Å². The van der Waals surface area contributed by atoms with Crippen LogP contribution < -0.4 is 5.48 Å². The molecule has 17 heavy (non-hydrogen) atoms. The third-order valence-corrected chi connectivity index (χ3v) is 3.19. The van der Waals surface area contributed by atoms with Crippen LogP contribution in [0, 0.1) is 11.8 Å². The normalized spacial score (nSPS) is 29.5. The zero-order valence-electron chi connectivity index (χ0n) is 10.6. The lowest BCUT2D eigenvalue weighted by Gasteiger charge is -2.34. The lowest BCUT2D eigenvalue weighted by atomic mass is 9.79. The molecule has 0 radical (unpaired) electrons. The zero-order chi connectivity index (χ0) is 12.9. The SMILES string of the molecule is CC(C)CONCC1(O)CCC(C(=O)O)CC1. The molecule has 100 valence electrons. The van der Waals surface area contributed by atoms with E-state index in [9.17, 15) is 9.90 Å². The number of carboxylic acid groups (broad SMARTS) is 1. The fourth-order valence-corrected chi connectivity index (χ4v) is 1.99. The Bertz CT molecular complexity index is 247. The van der Waals surface area contributed by atoms with Gasteiger partial charge in [-0.3, -0.25) is 4.79 Å². The summed E-state index contributed by atoms with van der Waals surface area (Å²) < 4.78 is 0. The summed E-state index contributed by atoms with van der Waals surface area (Å²) >= 11 is 0. The number of rotatable bonds is 6. The van der Waals surface area contributed by atoms with Crippen molar-refractivity contribution in [1.82, 2.24) is 5.48 Å². The van der Waals surface area contributed by atoms with Gasteiger partial charge in [0.25, 0.3) is 0 Å². The van der Waals surface area contributed by atoms with Crippen molar-refractivity contribution in [3.05, 3.63) is 0 Å². The summed E-state index contributed by atoms with van der Waals surface area (Å²) in [5.41, 5.74) is 1.96. The van der Waals surface area contributed by atoms with Crippen LogP contribution in [0.15, 0.2) is 0 Å². The molecule has 0 amide bonds. The molecule has 0 aliphatic heterocycles. The molecule has 5 nitrogen and oxygen atoms in total. The van der Waals surface area contributed by atoms with Crippen LogP contribution in [0.1, 0.15) is 39.5 Å². The molecule has 1 saturated carbocycles. The van der Waals surface area contributed by atoms with Crippen LogP contribution in [0.25, 0.3) is 0 Å². The van der Waals surface area contributed by atoms with E-state index in [2.05, 4.69) is 19.3 Å². The second kappa shape index (κ2) is 6.33. The number of nitrogens with one attached hydrogen (secondary N) is 1. The van der Waals surface area contributed by atoms with Crippen LogP contribution in [-0.4, -0.2) is 34.9 Å². The van der Waals surface area contributed by atoms with E-state index in [1.807, 2.05) is 0 Å². The molecule has 1 fully saturated rings. The number of aliphatic carboxylic acids is 1. The molecule has 0 atom stereocenters. The summed E-state index contributed by atoms with van der Waals surface area (Å²) in [6, 6.07) is 0. The highest BCUT2D eigenvalue weighted by Gasteiger charge is 2.35. The Balaban J connectivity index is 2.22. The van der Waals surface area contributed by atoms with E-state index in [1.165, 1.54) is 0 Å². The van der Waals surface area contributed by atoms with Crippen LogP contribution >= 0.6 is 0 Å². The molecular formula is C12H23NO4. The minimum absolute atomic E-state index is 0.299. The van der Waals surface area contributed by atoms with Gasteiger partial charge in [0.15, 0.2) is 0 Å². The molecule has 0 aromatic carbocycles. The summed E-state index contributed by atoms with van der Waals surface area (Å²) in [6.07, 6.45) is 2.11. The summed E-state index contributed by atoms with van der Waals surface area (Å²) in [5, 5.41) is 19.1. The first-order valence-corrected chi connectivity index (χ1v) is 6.23. The third-order valence-electron chi connectivity index (χ3n) is 3.19. The maximum atomic E-state index is 10.8. The van der Waals surface area contributed by atoms with E-state index < -0.39 is 11.6 Å². The van der Waals surface area contributed by atoms with Gasteiger partial charge in [-0.1, -0.05) is 13.8 Å². The molecule has 5 heteroatoms. The first kappa shape index (κ1) is 14.4. The minimum Gasteiger partial charge on any atom is -0.481 e. The molecule has 0 unspecified atom stereocenters. The standard InChI is InChI=1S/C12H23NO4/c1-9(2)7-17-13-8-12(16)5-3-10(4-6-12)11(14)15/h9-10,13,16H,3-8H2,1-2H3,(H,14,15). The van der Waals surface area contributed by atoms with Crippen molar-refractivity contribution in [2.45, 2.75) is 45.1 Å². The van der Waals surface area contributed by atoms with Crippen LogP contribution in [0.3, 0.4) is 0 Å². The summed E-state index contributed by atoms with van der Waals surface area (Å²) in [6.45, 7) is 5.07. The van der Waals surface area contributed by atoms with Crippen molar-refractivity contribution in [3.8, 4) is 0 Å². The molecule has 0 aromatic heterocycles. The van der Waals surface area contributed by atoms with Crippen molar-refractivity contribution >= 4 is 5.97 Å². The number of carboxylic acids is 1. The van der Waals surface area contributed by atoms with Gasteiger partial charge in [-0.15, -0.1) is 0 Å². The van der Waals surface area contributed by atoms with Crippen LogP contribution in [0.5, 0.6) is 0 Å². The van der Waals surface area contributed by atoms with Crippen LogP contribution in [-0.2, 0) is 9.63 Å². The van der Waals surface area contributed by atoms with Gasteiger partial charge >= 0.3 is 5.97 Å². The highest BCUT2D eigenvalue weighted by atomic mass is 16.6. The van der Waals surface area contributed by atoms with Crippen LogP contribution in [0.2, 0.25) is 0 Å². The predicted octanol–water partition coefficient (Wildman–Crippen LogP) is 1.17. The third kappa shape index (κ3) is 5.02. The molecule has 0 aromatic rings. The van der Waals surface area contributed by atoms with E-state index in [4.69, 9.17) is 9.94 Å². The summed E-state index contributed by atoms with van der Waals surface area (Å²) in [7, 11) is 0. The molecule has 0 saturated heterocycles. The second-order valence-corrected chi connectivity index (χ2v) is 5.36. The number of hydrogen-bond acceptors (Lipinski definition) is 4. The van der Waals surface area contributed by atoms with Crippen molar-refractivity contribution in [2.75, 3.05) is 13.2 Å². The fourth-order valence-electron chi connectivity index (χ4n) is 1.99. The Kier molecular flexibility index (Phi) is 5.36. The smallest absolute Gasteiger partial charge is 0.306 e. The van der Waals surface area contributed by atoms with Crippen molar-refractivity contribution in [1.29, 1.82) is 0 Å². The summed E-state index contributed by atoms with van der Waals surface area (Å²) in [4.78, 5) is 16.0. The highest BCUT2D eigenvalue weighted by Crippen LogP contribution is 2.31. The second-order valence-electron chi connectivity index (χ2n) is 5.36. The molecular weight excluding hydrogens is 222 g/mol. The summed E-state index contributed by atoms with van der Waals surface area (Å²) in [5.74, 6) is -0.609. The zero-order valence-corrected chi connectivity index (χ0v) is 10.6. The van der Waals surface area contributed by atoms with Gasteiger partial charge in [0.1, 0.15) is 0 Å². The van der Waals surface area contributed by atoms with E-state index in [-0.39, 0.29) is 5.92 Å². The van der Waals surface area contributed by atoms with Crippen molar-refractivity contribution in [3.63, 3.8) is 0 Å². The fraction of sp³-hybridized carbons (Fsp3) is 0.917. The van der Waals surface area contributed by atoms with Gasteiger partial charge in [-0.25, -0.2) is 0 Å². The average Bonchev–Trinajstić information content (AvgIpc) is 2.25. The molecule has 0 heterocycles. The molecule has 1 aliphatic carbocycles. The maximum absolute atomic E-state index is 10.8. The van der Waals surface area contributed by atoms with Crippen LogP contribution in [0.4, 0.5) is 0 Å². The van der Waals surface area contributed by atoms with E-state index in [0.29, 0.717) is 44.8 Å². The molecule has 1 rings (SSSR count). The first-order valence-electron chi connectivity index (χ1n) is 6.23. The average molecular weight is 245 g/mol. The quantitative estimate of drug-likeness (QED) is 0.483. The first-order chi connectivity index (χ1) is 7.93. The Morgan fingerprint density at radius 3 is 2.53 bits per heavy atom. The van der Waals surface area contributed by atoms with Gasteiger partial charge in [-0.05, 0) is 31.6 Å². The topological polar surface area (TPSA) is 78.8 Å². The lowest BCUT2D eigenvalue weighted by molar-refractivity contribution is -0.145. The molecule has 3 N–H and O–H groups in total. The highest BCUT2D eigenvalue weighted by molar-refractivity contribution is 5.70. The Morgan fingerprint density at radius 2 is 2.06 bits per heavy atom. The largest absolute Gasteiger partial charge is 0.481 e. The maximum Gasteiger partial charge on any atom is 0.306 e. The van der Waals surface area contributed by atoms with Crippen molar-refractivity contribution in [2.24, 2.45) is 11.8 Å². The van der Waals surface area contributed by atoms with Gasteiger partial charge in [-0.2, -0.15) is 5.48 Å². The lowest BCUT2D eigenvalue weighted by Crippen LogP contribution is -2.44. The monoisotopic (exact) mass is 245 g/mol.